The molecule has 2 aromatic heterocycles. The fourth-order valence-corrected chi connectivity index (χ4v) is 4.11. The van der Waals surface area contributed by atoms with Gasteiger partial charge in [-0.25, -0.2) is 0 Å². The second-order valence-electron chi connectivity index (χ2n) is 7.45. The Bertz CT molecular complexity index is 1120. The quantitative estimate of drug-likeness (QED) is 0.584. The van der Waals surface area contributed by atoms with Gasteiger partial charge in [0.15, 0.2) is 0 Å². The number of aromatic amines is 1. The van der Waals surface area contributed by atoms with Crippen molar-refractivity contribution in [3.63, 3.8) is 0 Å². The van der Waals surface area contributed by atoms with Crippen molar-refractivity contribution in [3.05, 3.63) is 66.4 Å². The number of nitrogens with zero attached hydrogens (tertiary/aromatic N) is 5. The largest absolute Gasteiger partial charge is 0.361 e. The van der Waals surface area contributed by atoms with E-state index < -0.39 is 0 Å². The van der Waals surface area contributed by atoms with Crippen molar-refractivity contribution >= 4 is 16.8 Å². The minimum absolute atomic E-state index is 0.0411. The van der Waals surface area contributed by atoms with E-state index in [4.69, 9.17) is 0 Å². The number of carbonyl (C=O) groups excluding carboxylic acids is 1. The molecule has 0 saturated carbocycles. The third-order valence-electron chi connectivity index (χ3n) is 5.67. The van der Waals surface area contributed by atoms with Gasteiger partial charge in [-0.3, -0.25) is 4.79 Å². The molecule has 1 N–H and O–H groups in total. The Labute approximate surface area is 168 Å². The summed E-state index contributed by atoms with van der Waals surface area (Å²) >= 11 is 0. The van der Waals surface area contributed by atoms with Crippen molar-refractivity contribution in [2.75, 3.05) is 13.1 Å². The molecule has 0 unspecified atom stereocenters. The average Bonchev–Trinajstić information content (AvgIpc) is 3.42. The standard InChI is InChI=1S/C22H22N6O/c29-21(15-28-25-22(24-26-28)17-6-2-1-3-7-17)27-12-10-16(11-13-27)19-14-23-20-9-5-4-8-18(19)20/h1-9,14,16,23H,10-13,15H2. The summed E-state index contributed by atoms with van der Waals surface area (Å²) < 4.78 is 0. The number of likely N-dealkylation sites (tertiary alicyclic amines) is 1. The van der Waals surface area contributed by atoms with Crippen molar-refractivity contribution in [2.24, 2.45) is 0 Å². The number of piperidine rings is 1. The number of H-pyrrole nitrogens is 1. The van der Waals surface area contributed by atoms with E-state index in [1.54, 1.807) is 0 Å². The van der Waals surface area contributed by atoms with Crippen LogP contribution in [-0.4, -0.2) is 49.1 Å². The highest BCUT2D eigenvalue weighted by Crippen LogP contribution is 2.33. The fourth-order valence-electron chi connectivity index (χ4n) is 4.11. The number of tetrazole rings is 1. The minimum atomic E-state index is 0.0411. The highest BCUT2D eigenvalue weighted by atomic mass is 16.2. The Balaban J connectivity index is 1.21. The zero-order valence-electron chi connectivity index (χ0n) is 16.0. The first-order valence-electron chi connectivity index (χ1n) is 9.95. The van der Waals surface area contributed by atoms with Gasteiger partial charge in [0, 0.05) is 35.8 Å². The normalized spacial score (nSPS) is 15.1. The molecule has 4 aromatic rings. The second-order valence-corrected chi connectivity index (χ2v) is 7.45. The molecule has 0 bridgehead atoms. The molecule has 1 saturated heterocycles. The smallest absolute Gasteiger partial charge is 0.246 e. The number of benzene rings is 2. The SMILES string of the molecule is O=C(Cn1nnc(-c2ccccc2)n1)N1CCC(c2c[nH]c3ccccc23)CC1. The summed E-state index contributed by atoms with van der Waals surface area (Å²) in [5, 5.41) is 13.7. The van der Waals surface area contributed by atoms with Gasteiger partial charge in [-0.1, -0.05) is 48.5 Å². The third-order valence-corrected chi connectivity index (χ3v) is 5.67. The number of nitrogens with one attached hydrogen (secondary N) is 1. The Hall–Kier alpha value is -3.48. The molecule has 29 heavy (non-hydrogen) atoms. The van der Waals surface area contributed by atoms with Gasteiger partial charge in [0.05, 0.1) is 0 Å². The molecule has 2 aromatic carbocycles. The number of carbonyl (C=O) groups is 1. The van der Waals surface area contributed by atoms with Crippen LogP contribution in [0.4, 0.5) is 0 Å². The summed E-state index contributed by atoms with van der Waals surface area (Å²) in [6.07, 6.45) is 4.05. The molecule has 7 heteroatoms. The molecule has 0 atom stereocenters. The average molecular weight is 386 g/mol. The third kappa shape index (κ3) is 3.51. The summed E-state index contributed by atoms with van der Waals surface area (Å²) in [6.45, 7) is 1.63. The summed E-state index contributed by atoms with van der Waals surface area (Å²) in [5.74, 6) is 1.06. The van der Waals surface area contributed by atoms with Crippen LogP contribution >= 0.6 is 0 Å². The lowest BCUT2D eigenvalue weighted by atomic mass is 9.89. The number of para-hydroxylation sites is 1. The number of hydrogen-bond donors (Lipinski definition) is 1. The van der Waals surface area contributed by atoms with Crippen LogP contribution in [0.15, 0.2) is 60.8 Å². The first-order valence-corrected chi connectivity index (χ1v) is 9.95. The first-order chi connectivity index (χ1) is 14.3. The summed E-state index contributed by atoms with van der Waals surface area (Å²) in [6, 6.07) is 18.1. The zero-order valence-corrected chi connectivity index (χ0v) is 16.0. The van der Waals surface area contributed by atoms with E-state index in [-0.39, 0.29) is 12.5 Å². The molecular weight excluding hydrogens is 364 g/mol. The van der Waals surface area contributed by atoms with Gasteiger partial charge in [0.2, 0.25) is 11.7 Å². The lowest BCUT2D eigenvalue weighted by Gasteiger charge is -2.31. The van der Waals surface area contributed by atoms with Crippen molar-refractivity contribution in [2.45, 2.75) is 25.3 Å². The summed E-state index contributed by atoms with van der Waals surface area (Å²) in [5.41, 5.74) is 3.43. The molecular formula is C22H22N6O. The molecule has 1 amide bonds. The monoisotopic (exact) mass is 386 g/mol. The Morgan fingerprint density at radius 1 is 1.03 bits per heavy atom. The maximum atomic E-state index is 12.7. The minimum Gasteiger partial charge on any atom is -0.361 e. The first kappa shape index (κ1) is 17.6. The number of aromatic nitrogens is 5. The van der Waals surface area contributed by atoms with Crippen LogP contribution in [0, 0.1) is 0 Å². The maximum absolute atomic E-state index is 12.7. The van der Waals surface area contributed by atoms with Crippen LogP contribution in [0.25, 0.3) is 22.3 Å². The van der Waals surface area contributed by atoms with Crippen LogP contribution in [0.1, 0.15) is 24.3 Å². The van der Waals surface area contributed by atoms with Crippen molar-refractivity contribution in [1.82, 2.24) is 30.1 Å². The lowest BCUT2D eigenvalue weighted by molar-refractivity contribution is -0.133. The van der Waals surface area contributed by atoms with Crippen molar-refractivity contribution in [1.29, 1.82) is 0 Å². The predicted octanol–water partition coefficient (Wildman–Crippen LogP) is 3.23. The van der Waals surface area contributed by atoms with Gasteiger partial charge in [0.25, 0.3) is 0 Å². The van der Waals surface area contributed by atoms with E-state index in [2.05, 4.69) is 44.8 Å². The molecule has 7 nitrogen and oxygen atoms in total. The summed E-state index contributed by atoms with van der Waals surface area (Å²) in [4.78, 5) is 19.4. The topological polar surface area (TPSA) is 79.7 Å². The zero-order chi connectivity index (χ0) is 19.6. The fraction of sp³-hybridized carbons (Fsp3) is 0.273. The molecule has 5 rings (SSSR count). The molecule has 0 spiro atoms. The van der Waals surface area contributed by atoms with Crippen molar-refractivity contribution < 1.29 is 4.79 Å². The van der Waals surface area contributed by atoms with E-state index in [0.717, 1.165) is 31.5 Å². The van der Waals surface area contributed by atoms with Crippen LogP contribution in [-0.2, 0) is 11.3 Å². The van der Waals surface area contributed by atoms with E-state index in [0.29, 0.717) is 11.7 Å². The van der Waals surface area contributed by atoms with Gasteiger partial charge in [-0.15, -0.1) is 10.2 Å². The van der Waals surface area contributed by atoms with Gasteiger partial charge >= 0.3 is 0 Å². The van der Waals surface area contributed by atoms with Gasteiger partial charge < -0.3 is 9.88 Å². The molecule has 1 aliphatic rings. The van der Waals surface area contributed by atoms with E-state index in [1.165, 1.54) is 21.3 Å². The lowest BCUT2D eigenvalue weighted by Crippen LogP contribution is -2.40. The maximum Gasteiger partial charge on any atom is 0.246 e. The van der Waals surface area contributed by atoms with Crippen LogP contribution < -0.4 is 0 Å². The molecule has 1 fully saturated rings. The predicted molar refractivity (Wildman–Crippen MR) is 110 cm³/mol. The van der Waals surface area contributed by atoms with Crippen molar-refractivity contribution in [3.8, 4) is 11.4 Å². The highest BCUT2D eigenvalue weighted by Gasteiger charge is 2.26. The second kappa shape index (κ2) is 7.50. The summed E-state index contributed by atoms with van der Waals surface area (Å²) in [7, 11) is 0. The molecule has 3 heterocycles. The van der Waals surface area contributed by atoms with Gasteiger partial charge in [0.1, 0.15) is 6.54 Å². The van der Waals surface area contributed by atoms with Crippen LogP contribution in [0.5, 0.6) is 0 Å². The Kier molecular flexibility index (Phi) is 4.56. The number of amides is 1. The number of rotatable bonds is 4. The van der Waals surface area contributed by atoms with Gasteiger partial charge in [-0.05, 0) is 35.6 Å². The van der Waals surface area contributed by atoms with Gasteiger partial charge in [-0.2, -0.15) is 4.80 Å². The number of hydrogen-bond acceptors (Lipinski definition) is 4. The molecule has 0 aliphatic carbocycles. The van der Waals surface area contributed by atoms with Crippen LogP contribution in [0.3, 0.4) is 0 Å². The Morgan fingerprint density at radius 3 is 2.62 bits per heavy atom. The van der Waals surface area contributed by atoms with Crippen LogP contribution in [0.2, 0.25) is 0 Å². The molecule has 0 radical (unpaired) electrons. The molecule has 146 valence electrons. The van der Waals surface area contributed by atoms with E-state index in [9.17, 15) is 4.79 Å². The number of fused-ring (bicyclic) bond motifs is 1. The highest BCUT2D eigenvalue weighted by molar-refractivity contribution is 5.83. The van der Waals surface area contributed by atoms with E-state index in [1.807, 2.05) is 41.3 Å². The molecule has 1 aliphatic heterocycles. The van der Waals surface area contributed by atoms with E-state index >= 15 is 0 Å². The Morgan fingerprint density at radius 2 is 1.79 bits per heavy atom.